The van der Waals surface area contributed by atoms with E-state index in [1.807, 2.05) is 0 Å². The van der Waals surface area contributed by atoms with Crippen LogP contribution in [0.25, 0.3) is 0 Å². The number of halogens is 4. The van der Waals surface area contributed by atoms with Crippen molar-refractivity contribution in [1.29, 1.82) is 0 Å². The molecule has 1 aliphatic carbocycles. The third-order valence-corrected chi connectivity index (χ3v) is 3.65. The molecule has 1 fully saturated rings. The first-order valence-corrected chi connectivity index (χ1v) is 6.06. The van der Waals surface area contributed by atoms with Gasteiger partial charge in [0.05, 0.1) is 0 Å². The van der Waals surface area contributed by atoms with E-state index in [4.69, 9.17) is 5.73 Å². The highest BCUT2D eigenvalue weighted by atomic mass is 35.5. The molecule has 0 bridgehead atoms. The third kappa shape index (κ3) is 4.96. The molecule has 106 valence electrons. The number of alkyl halides is 3. The molecule has 0 heterocycles. The molecule has 0 amide bonds. The number of hydrogen-bond donors (Lipinski definition) is 3. The van der Waals surface area contributed by atoms with Gasteiger partial charge in [0.1, 0.15) is 0 Å². The molecule has 2 atom stereocenters. The van der Waals surface area contributed by atoms with Crippen LogP contribution >= 0.6 is 0 Å². The van der Waals surface area contributed by atoms with Crippen LogP contribution in [0.5, 0.6) is 0 Å². The monoisotopic (exact) mass is 299 g/mol. The predicted molar refractivity (Wildman–Crippen MR) is 54.3 cm³/mol. The molecule has 0 aromatic heterocycles. The zero-order valence-electron chi connectivity index (χ0n) is 9.30. The van der Waals surface area contributed by atoms with E-state index >= 15 is 0 Å². The highest BCUT2D eigenvalue weighted by Crippen LogP contribution is 2.25. The molecule has 5 nitrogen and oxygen atoms in total. The fourth-order valence-electron chi connectivity index (χ4n) is 1.57. The van der Waals surface area contributed by atoms with Crippen LogP contribution in [0.2, 0.25) is 0 Å². The van der Waals surface area contributed by atoms with Gasteiger partial charge < -0.3 is 24.3 Å². The van der Waals surface area contributed by atoms with Crippen molar-refractivity contribution < 1.29 is 34.0 Å². The van der Waals surface area contributed by atoms with Crippen molar-refractivity contribution in [2.75, 3.05) is 0 Å². The lowest BCUT2D eigenvalue weighted by atomic mass is 9.92. The van der Waals surface area contributed by atoms with Gasteiger partial charge in [-0.05, 0) is 12.8 Å². The summed E-state index contributed by atoms with van der Waals surface area (Å²) in [5, 5.41) is 0. The van der Waals surface area contributed by atoms with Crippen LogP contribution in [-0.4, -0.2) is 26.0 Å². The molecule has 7 N–H and O–H groups in total. The summed E-state index contributed by atoms with van der Waals surface area (Å²) < 4.78 is 59.2. The van der Waals surface area contributed by atoms with Gasteiger partial charge in [0.25, 0.3) is 0 Å². The maximum atomic E-state index is 12.0. The van der Waals surface area contributed by atoms with E-state index in [2.05, 4.69) is 0 Å². The standard InChI is InChI=1S/C7H13F3N2O2S.ClH.H3N/c8-7(9,10)15(13,14)12-6-4-2-1-3-5(6)11;;/h5-6,12H,1-4,11H2;1H;1H3. The summed E-state index contributed by atoms with van der Waals surface area (Å²) in [7, 11) is -5.26. The highest BCUT2D eigenvalue weighted by Gasteiger charge is 2.47. The van der Waals surface area contributed by atoms with Crippen molar-refractivity contribution in [3.8, 4) is 0 Å². The Morgan fingerprint density at radius 1 is 1.18 bits per heavy atom. The third-order valence-electron chi connectivity index (χ3n) is 2.43. The van der Waals surface area contributed by atoms with Crippen molar-refractivity contribution in [2.45, 2.75) is 43.3 Å². The lowest BCUT2D eigenvalue weighted by Gasteiger charge is -2.29. The smallest absolute Gasteiger partial charge is 0.511 e. The summed E-state index contributed by atoms with van der Waals surface area (Å²) >= 11 is 0. The molecular weight excluding hydrogens is 283 g/mol. The Morgan fingerprint density at radius 3 is 2.06 bits per heavy atom. The topological polar surface area (TPSA) is 109 Å². The average Bonchev–Trinajstić information content (AvgIpc) is 2.06. The molecule has 1 aliphatic rings. The minimum absolute atomic E-state index is 0. The van der Waals surface area contributed by atoms with Gasteiger partial charge in [-0.2, -0.15) is 13.2 Å². The van der Waals surface area contributed by atoms with Gasteiger partial charge in [0.2, 0.25) is 0 Å². The molecule has 0 aromatic carbocycles. The van der Waals surface area contributed by atoms with Crippen LogP contribution in [0.3, 0.4) is 0 Å². The molecule has 0 saturated heterocycles. The van der Waals surface area contributed by atoms with E-state index < -0.39 is 27.6 Å². The molecule has 2 unspecified atom stereocenters. The lowest BCUT2D eigenvalue weighted by Crippen LogP contribution is -3.00. The van der Waals surface area contributed by atoms with E-state index in [9.17, 15) is 21.6 Å². The number of sulfonamides is 1. The van der Waals surface area contributed by atoms with Gasteiger partial charge in [0.15, 0.2) is 0 Å². The van der Waals surface area contributed by atoms with Crippen LogP contribution in [-0.2, 0) is 10.0 Å². The maximum absolute atomic E-state index is 12.0. The minimum atomic E-state index is -5.26. The molecule has 0 radical (unpaired) electrons. The Bertz CT molecular complexity index is 323. The highest BCUT2D eigenvalue weighted by molar-refractivity contribution is 7.90. The van der Waals surface area contributed by atoms with E-state index in [0.717, 1.165) is 6.42 Å². The van der Waals surface area contributed by atoms with E-state index in [-0.39, 0.29) is 18.6 Å². The largest absolute Gasteiger partial charge is 1.00 e. The zero-order valence-corrected chi connectivity index (χ0v) is 10.9. The van der Waals surface area contributed by atoms with Crippen molar-refractivity contribution in [1.82, 2.24) is 10.9 Å². The fraction of sp³-hybridized carbons (Fsp3) is 1.00. The summed E-state index contributed by atoms with van der Waals surface area (Å²) in [6, 6.07) is -1.33. The quantitative estimate of drug-likeness (QED) is 0.553. The van der Waals surface area contributed by atoms with Crippen molar-refractivity contribution in [3.63, 3.8) is 0 Å². The second-order valence-corrected chi connectivity index (χ2v) is 5.33. The normalized spacial score (nSPS) is 25.6. The molecular formula is C7H17ClF3N3O2S. The van der Waals surface area contributed by atoms with Crippen molar-refractivity contribution >= 4 is 10.0 Å². The zero-order chi connectivity index (χ0) is 11.7. The summed E-state index contributed by atoms with van der Waals surface area (Å²) in [6.45, 7) is 0. The first kappa shape index (κ1) is 19.3. The predicted octanol–water partition coefficient (Wildman–Crippen LogP) is -1.92. The first-order chi connectivity index (χ1) is 6.74. The second kappa shape index (κ2) is 6.74. The average molecular weight is 300 g/mol. The van der Waals surface area contributed by atoms with Crippen LogP contribution in [0.4, 0.5) is 13.2 Å². The van der Waals surface area contributed by atoms with E-state index in [1.54, 1.807) is 4.72 Å². The number of quaternary nitrogens is 1. The molecule has 0 spiro atoms. The minimum Gasteiger partial charge on any atom is -1.00 e. The van der Waals surface area contributed by atoms with Crippen molar-refractivity contribution in [2.24, 2.45) is 5.73 Å². The van der Waals surface area contributed by atoms with Gasteiger partial charge >= 0.3 is 15.5 Å². The van der Waals surface area contributed by atoms with Crippen molar-refractivity contribution in [3.05, 3.63) is 0 Å². The first-order valence-electron chi connectivity index (χ1n) is 4.58. The Balaban J connectivity index is 0. The van der Waals surface area contributed by atoms with E-state index in [1.165, 1.54) is 0 Å². The van der Waals surface area contributed by atoms with Crippen LogP contribution in [0.1, 0.15) is 25.7 Å². The summed E-state index contributed by atoms with van der Waals surface area (Å²) in [4.78, 5) is 0. The summed E-state index contributed by atoms with van der Waals surface area (Å²) in [5.74, 6) is 0. The Kier molecular flexibility index (Phi) is 7.63. The Hall–Kier alpha value is -0.0900. The maximum Gasteiger partial charge on any atom is 0.511 e. The van der Waals surface area contributed by atoms with E-state index in [0.29, 0.717) is 19.3 Å². The molecule has 0 aliphatic heterocycles. The van der Waals surface area contributed by atoms with Gasteiger partial charge in [0, 0.05) is 12.1 Å². The second-order valence-electron chi connectivity index (χ2n) is 3.62. The number of rotatable bonds is 2. The molecule has 1 rings (SSSR count). The Labute approximate surface area is 104 Å². The van der Waals surface area contributed by atoms with Gasteiger partial charge in [-0.1, -0.05) is 12.8 Å². The Morgan fingerprint density at radius 2 is 1.65 bits per heavy atom. The van der Waals surface area contributed by atoms with Gasteiger partial charge in [-0.15, -0.1) is 0 Å². The molecule has 0 aromatic rings. The number of hydrogen-bond acceptors (Lipinski definition) is 3. The summed E-state index contributed by atoms with van der Waals surface area (Å²) in [6.07, 6.45) is 2.42. The summed E-state index contributed by atoms with van der Waals surface area (Å²) in [5.41, 5.74) is 0.275. The van der Waals surface area contributed by atoms with Crippen LogP contribution in [0.15, 0.2) is 0 Å². The van der Waals surface area contributed by atoms with Crippen LogP contribution < -0.4 is 29.0 Å². The molecule has 1 saturated carbocycles. The number of nitrogens with one attached hydrogen (secondary N) is 1. The fourth-order valence-corrected chi connectivity index (χ4v) is 2.40. The SMILES string of the molecule is NC1CCCCC1NS(=O)(=O)C(F)(F)F.[Cl-].[NH4+]. The van der Waals surface area contributed by atoms with Crippen LogP contribution in [0, 0.1) is 0 Å². The number of nitrogens with two attached hydrogens (primary N) is 1. The van der Waals surface area contributed by atoms with Gasteiger partial charge in [-0.3, -0.25) is 0 Å². The molecule has 10 heteroatoms. The lowest BCUT2D eigenvalue weighted by molar-refractivity contribution is -0.0452. The molecule has 17 heavy (non-hydrogen) atoms. The van der Waals surface area contributed by atoms with Gasteiger partial charge in [-0.25, -0.2) is 13.1 Å².